The molecule has 1 aliphatic rings. The van der Waals surface area contributed by atoms with E-state index in [1.807, 2.05) is 0 Å². The van der Waals surface area contributed by atoms with Gasteiger partial charge in [-0.1, -0.05) is 6.42 Å². The number of ether oxygens (including phenoxy) is 2. The third kappa shape index (κ3) is 8.24. The van der Waals surface area contributed by atoms with E-state index in [1.165, 1.54) is 0 Å². The number of nitrogens with one attached hydrogen (secondary N) is 2. The standard InChI is InChI=1S/C17H20F6N2O3/c18-16(19,20)9-27-13-5-11(6-14(7-13)28-10-17(21,22)23)15(26)25-8-12-3-1-2-4-24-12/h5-7,12,24H,1-4,8-10H2,(H,25,26). The Morgan fingerprint density at radius 2 is 1.57 bits per heavy atom. The highest BCUT2D eigenvalue weighted by molar-refractivity contribution is 5.95. The van der Waals surface area contributed by atoms with E-state index in [0.29, 0.717) is 0 Å². The first kappa shape index (κ1) is 22.1. The molecule has 1 aliphatic heterocycles. The average molecular weight is 414 g/mol. The largest absolute Gasteiger partial charge is 0.484 e. The van der Waals surface area contributed by atoms with Gasteiger partial charge in [-0.3, -0.25) is 4.79 Å². The van der Waals surface area contributed by atoms with Crippen molar-refractivity contribution in [2.45, 2.75) is 37.7 Å². The lowest BCUT2D eigenvalue weighted by molar-refractivity contribution is -0.153. The van der Waals surface area contributed by atoms with Crippen molar-refractivity contribution in [2.75, 3.05) is 26.3 Å². The van der Waals surface area contributed by atoms with E-state index in [9.17, 15) is 31.1 Å². The lowest BCUT2D eigenvalue weighted by Gasteiger charge is -2.23. The molecule has 1 amide bonds. The Balaban J connectivity index is 2.09. The lowest BCUT2D eigenvalue weighted by Crippen LogP contribution is -2.43. The molecule has 11 heteroatoms. The number of benzene rings is 1. The molecule has 0 aliphatic carbocycles. The van der Waals surface area contributed by atoms with E-state index in [0.717, 1.165) is 44.0 Å². The summed E-state index contributed by atoms with van der Waals surface area (Å²) in [5.74, 6) is -1.49. The van der Waals surface area contributed by atoms with Crippen LogP contribution in [0.15, 0.2) is 18.2 Å². The van der Waals surface area contributed by atoms with Gasteiger partial charge in [0.05, 0.1) is 0 Å². The number of carbonyl (C=O) groups is 1. The summed E-state index contributed by atoms with van der Waals surface area (Å²) < 4.78 is 83.1. The molecule has 1 unspecified atom stereocenters. The number of alkyl halides is 6. The van der Waals surface area contributed by atoms with Gasteiger partial charge < -0.3 is 20.1 Å². The van der Waals surface area contributed by atoms with Gasteiger partial charge in [0.1, 0.15) is 11.5 Å². The van der Waals surface area contributed by atoms with Gasteiger partial charge in [-0.25, -0.2) is 0 Å². The Hall–Kier alpha value is -2.17. The molecule has 1 saturated heterocycles. The quantitative estimate of drug-likeness (QED) is 0.672. The molecule has 2 rings (SSSR count). The highest BCUT2D eigenvalue weighted by Crippen LogP contribution is 2.27. The van der Waals surface area contributed by atoms with Crippen molar-refractivity contribution in [1.82, 2.24) is 10.6 Å². The second-order valence-corrected chi connectivity index (χ2v) is 6.36. The SMILES string of the molecule is O=C(NCC1CCCCN1)c1cc(OCC(F)(F)F)cc(OCC(F)(F)F)c1. The molecular formula is C17H20F6N2O3. The Labute approximate surface area is 157 Å². The number of amides is 1. The molecule has 1 heterocycles. The van der Waals surface area contributed by atoms with Crippen LogP contribution in [0.1, 0.15) is 29.6 Å². The summed E-state index contributed by atoms with van der Waals surface area (Å²) in [5, 5.41) is 5.82. The fraction of sp³-hybridized carbons (Fsp3) is 0.588. The second kappa shape index (κ2) is 9.35. The Morgan fingerprint density at radius 1 is 1.00 bits per heavy atom. The van der Waals surface area contributed by atoms with Crippen molar-refractivity contribution in [3.05, 3.63) is 23.8 Å². The summed E-state index contributed by atoms with van der Waals surface area (Å²) in [6.45, 7) is -2.20. The minimum absolute atomic E-state index is 0.0586. The maximum atomic E-state index is 12.3. The predicted molar refractivity (Wildman–Crippen MR) is 87.5 cm³/mol. The first-order chi connectivity index (χ1) is 13.0. The van der Waals surface area contributed by atoms with Crippen molar-refractivity contribution >= 4 is 5.91 Å². The molecule has 0 bridgehead atoms. The van der Waals surface area contributed by atoms with Gasteiger partial charge in [-0.2, -0.15) is 26.3 Å². The Kier molecular flexibility index (Phi) is 7.39. The third-order valence-corrected chi connectivity index (χ3v) is 3.87. The summed E-state index contributed by atoms with van der Waals surface area (Å²) >= 11 is 0. The summed E-state index contributed by atoms with van der Waals surface area (Å²) in [6, 6.07) is 2.98. The molecular weight excluding hydrogens is 394 g/mol. The zero-order chi connectivity index (χ0) is 20.8. The smallest absolute Gasteiger partial charge is 0.422 e. The van der Waals surface area contributed by atoms with Crippen LogP contribution in [0.25, 0.3) is 0 Å². The van der Waals surface area contributed by atoms with Crippen molar-refractivity contribution in [3.8, 4) is 11.5 Å². The van der Waals surface area contributed by atoms with Crippen LogP contribution in [0.5, 0.6) is 11.5 Å². The molecule has 1 aromatic carbocycles. The van der Waals surface area contributed by atoms with Crippen LogP contribution in [0.2, 0.25) is 0 Å². The molecule has 5 nitrogen and oxygen atoms in total. The van der Waals surface area contributed by atoms with Crippen molar-refractivity contribution in [2.24, 2.45) is 0 Å². The van der Waals surface area contributed by atoms with E-state index in [1.54, 1.807) is 0 Å². The fourth-order valence-electron chi connectivity index (χ4n) is 2.62. The summed E-state index contributed by atoms with van der Waals surface area (Å²) in [7, 11) is 0. The fourth-order valence-corrected chi connectivity index (χ4v) is 2.62. The third-order valence-electron chi connectivity index (χ3n) is 3.87. The van der Waals surface area contributed by atoms with Crippen LogP contribution >= 0.6 is 0 Å². The van der Waals surface area contributed by atoms with Crippen molar-refractivity contribution < 1.29 is 40.6 Å². The van der Waals surface area contributed by atoms with E-state index in [4.69, 9.17) is 0 Å². The lowest BCUT2D eigenvalue weighted by atomic mass is 10.0. The minimum atomic E-state index is -4.64. The first-order valence-corrected chi connectivity index (χ1v) is 8.58. The Morgan fingerprint density at radius 3 is 2.04 bits per heavy atom. The number of piperidine rings is 1. The zero-order valence-electron chi connectivity index (χ0n) is 14.8. The topological polar surface area (TPSA) is 59.6 Å². The second-order valence-electron chi connectivity index (χ2n) is 6.36. The summed E-state index contributed by atoms with van der Waals surface area (Å²) in [4.78, 5) is 12.3. The summed E-state index contributed by atoms with van der Waals surface area (Å²) in [5.41, 5.74) is -0.160. The van der Waals surface area contributed by atoms with Gasteiger partial charge in [0.2, 0.25) is 0 Å². The number of rotatable bonds is 7. The molecule has 1 atom stereocenters. The minimum Gasteiger partial charge on any atom is -0.484 e. The van der Waals surface area contributed by atoms with Crippen LogP contribution in [0.3, 0.4) is 0 Å². The zero-order valence-corrected chi connectivity index (χ0v) is 14.8. The number of hydrogen-bond donors (Lipinski definition) is 2. The van der Waals surface area contributed by atoms with Gasteiger partial charge in [0, 0.05) is 24.2 Å². The van der Waals surface area contributed by atoms with Crippen LogP contribution in [0.4, 0.5) is 26.3 Å². The predicted octanol–water partition coefficient (Wildman–Crippen LogP) is 3.44. The molecule has 0 spiro atoms. The van der Waals surface area contributed by atoms with Gasteiger partial charge in [0.15, 0.2) is 13.2 Å². The van der Waals surface area contributed by atoms with E-state index in [-0.39, 0.29) is 18.2 Å². The van der Waals surface area contributed by atoms with Crippen molar-refractivity contribution in [1.29, 1.82) is 0 Å². The van der Waals surface area contributed by atoms with Crippen molar-refractivity contribution in [3.63, 3.8) is 0 Å². The first-order valence-electron chi connectivity index (χ1n) is 8.58. The highest BCUT2D eigenvalue weighted by atomic mass is 19.4. The van der Waals surface area contributed by atoms with Gasteiger partial charge in [0.25, 0.3) is 5.91 Å². The molecule has 1 fully saturated rings. The molecule has 0 aromatic heterocycles. The molecule has 28 heavy (non-hydrogen) atoms. The average Bonchev–Trinajstić information content (AvgIpc) is 2.62. The molecule has 2 N–H and O–H groups in total. The number of hydrogen-bond acceptors (Lipinski definition) is 4. The van der Waals surface area contributed by atoms with Gasteiger partial charge in [-0.05, 0) is 31.5 Å². The van der Waals surface area contributed by atoms with Crippen LogP contribution in [0, 0.1) is 0 Å². The maximum Gasteiger partial charge on any atom is 0.422 e. The molecule has 1 aromatic rings. The molecule has 0 saturated carbocycles. The van der Waals surface area contributed by atoms with E-state index < -0.39 is 43.0 Å². The molecule has 158 valence electrons. The molecule has 0 radical (unpaired) electrons. The number of halogens is 6. The monoisotopic (exact) mass is 414 g/mol. The maximum absolute atomic E-state index is 12.3. The highest BCUT2D eigenvalue weighted by Gasteiger charge is 2.30. The van der Waals surface area contributed by atoms with Gasteiger partial charge in [-0.15, -0.1) is 0 Å². The van der Waals surface area contributed by atoms with E-state index in [2.05, 4.69) is 20.1 Å². The van der Waals surface area contributed by atoms with Crippen LogP contribution in [-0.2, 0) is 0 Å². The normalized spacial score (nSPS) is 17.9. The number of carbonyl (C=O) groups excluding carboxylic acids is 1. The van der Waals surface area contributed by atoms with E-state index >= 15 is 0 Å². The Bertz CT molecular complexity index is 621. The van der Waals surface area contributed by atoms with Crippen LogP contribution < -0.4 is 20.1 Å². The van der Waals surface area contributed by atoms with Crippen LogP contribution in [-0.4, -0.2) is 50.6 Å². The van der Waals surface area contributed by atoms with Gasteiger partial charge >= 0.3 is 12.4 Å². The summed E-state index contributed by atoms with van der Waals surface area (Å²) in [6.07, 6.45) is -6.39.